The second-order valence-electron chi connectivity index (χ2n) is 5.95. The largest absolute Gasteiger partial charge is 0.366 e. The predicted octanol–water partition coefficient (Wildman–Crippen LogP) is 2.53. The topological polar surface area (TPSA) is 77.0 Å². The summed E-state index contributed by atoms with van der Waals surface area (Å²) in [6.45, 7) is 4.99. The van der Waals surface area contributed by atoms with Gasteiger partial charge in [0.25, 0.3) is 0 Å². The van der Waals surface area contributed by atoms with Crippen LogP contribution in [-0.4, -0.2) is 27.2 Å². The first kappa shape index (κ1) is 15.8. The number of primary amides is 1. The molecule has 0 bridgehead atoms. The van der Waals surface area contributed by atoms with Gasteiger partial charge in [-0.05, 0) is 32.8 Å². The van der Waals surface area contributed by atoms with Crippen molar-refractivity contribution in [3.63, 3.8) is 0 Å². The summed E-state index contributed by atoms with van der Waals surface area (Å²) < 4.78 is 1.91. The first-order valence-corrected chi connectivity index (χ1v) is 8.00. The van der Waals surface area contributed by atoms with Gasteiger partial charge < -0.3 is 10.6 Å². The van der Waals surface area contributed by atoms with Gasteiger partial charge in [0, 0.05) is 31.0 Å². The summed E-state index contributed by atoms with van der Waals surface area (Å²) in [5.74, 6) is 0.171. The van der Waals surface area contributed by atoms with Crippen LogP contribution < -0.4 is 10.6 Å². The molecule has 1 saturated heterocycles. The highest BCUT2D eigenvalue weighted by atomic mass is 35.5. The van der Waals surface area contributed by atoms with E-state index >= 15 is 0 Å². The number of anilines is 1. The highest BCUT2D eigenvalue weighted by molar-refractivity contribution is 6.33. The van der Waals surface area contributed by atoms with Crippen molar-refractivity contribution in [1.82, 2.24) is 14.8 Å². The zero-order valence-corrected chi connectivity index (χ0v) is 14.3. The third-order valence-corrected chi connectivity index (χ3v) is 4.81. The van der Waals surface area contributed by atoms with Crippen LogP contribution in [0.5, 0.6) is 0 Å². The Morgan fingerprint density at radius 2 is 2.17 bits per heavy atom. The molecular weight excluding hydrogens is 314 g/mol. The van der Waals surface area contributed by atoms with E-state index < -0.39 is 5.91 Å². The molecule has 1 amide bonds. The Morgan fingerprint density at radius 3 is 2.74 bits per heavy atom. The maximum Gasteiger partial charge on any atom is 0.250 e. The minimum absolute atomic E-state index is 0.202. The molecule has 2 aromatic rings. The molecule has 2 aromatic heterocycles. The van der Waals surface area contributed by atoms with Crippen LogP contribution in [0.4, 0.5) is 5.82 Å². The molecule has 7 heteroatoms. The van der Waals surface area contributed by atoms with E-state index in [9.17, 15) is 4.79 Å². The van der Waals surface area contributed by atoms with Crippen molar-refractivity contribution in [2.75, 3.05) is 11.4 Å². The lowest BCUT2D eigenvalue weighted by Crippen LogP contribution is -2.25. The quantitative estimate of drug-likeness (QED) is 0.936. The van der Waals surface area contributed by atoms with Crippen molar-refractivity contribution in [2.24, 2.45) is 12.8 Å². The first-order valence-electron chi connectivity index (χ1n) is 7.62. The van der Waals surface area contributed by atoms with Gasteiger partial charge in [0.15, 0.2) is 0 Å². The molecular formula is C16H20ClN5O. The second kappa shape index (κ2) is 5.85. The average Bonchev–Trinajstić information content (AvgIpc) is 3.04. The maximum absolute atomic E-state index is 11.3. The van der Waals surface area contributed by atoms with Crippen LogP contribution in [-0.2, 0) is 7.05 Å². The Balaban J connectivity index is 2.01. The molecule has 23 heavy (non-hydrogen) atoms. The summed E-state index contributed by atoms with van der Waals surface area (Å²) >= 11 is 6.36. The molecule has 3 heterocycles. The number of carbonyl (C=O) groups is 1. The first-order chi connectivity index (χ1) is 10.9. The second-order valence-corrected chi connectivity index (χ2v) is 6.36. The van der Waals surface area contributed by atoms with Crippen LogP contribution in [0.2, 0.25) is 5.02 Å². The van der Waals surface area contributed by atoms with Gasteiger partial charge in [-0.3, -0.25) is 9.48 Å². The van der Waals surface area contributed by atoms with Crippen molar-refractivity contribution in [2.45, 2.75) is 32.7 Å². The number of halogens is 1. The van der Waals surface area contributed by atoms with E-state index in [0.29, 0.717) is 16.4 Å². The van der Waals surface area contributed by atoms with E-state index in [4.69, 9.17) is 17.3 Å². The summed E-state index contributed by atoms with van der Waals surface area (Å²) in [5, 5.41) is 4.97. The van der Waals surface area contributed by atoms with Crippen molar-refractivity contribution < 1.29 is 4.79 Å². The van der Waals surface area contributed by atoms with Gasteiger partial charge in [-0.2, -0.15) is 5.10 Å². The third-order valence-electron chi connectivity index (χ3n) is 4.53. The summed E-state index contributed by atoms with van der Waals surface area (Å²) in [6.07, 6.45) is 3.58. The lowest BCUT2D eigenvalue weighted by atomic mass is 10.0. The van der Waals surface area contributed by atoms with E-state index in [1.807, 2.05) is 18.7 Å². The van der Waals surface area contributed by atoms with Crippen molar-refractivity contribution in [1.29, 1.82) is 0 Å². The summed E-state index contributed by atoms with van der Waals surface area (Å²) in [4.78, 5) is 17.9. The fourth-order valence-corrected chi connectivity index (χ4v) is 3.64. The van der Waals surface area contributed by atoms with E-state index in [1.54, 1.807) is 6.07 Å². The molecule has 1 aliphatic heterocycles. The highest BCUT2D eigenvalue weighted by Gasteiger charge is 2.32. The molecule has 3 rings (SSSR count). The summed E-state index contributed by atoms with van der Waals surface area (Å²) in [5.41, 5.74) is 9.04. The molecule has 1 aliphatic rings. The van der Waals surface area contributed by atoms with Crippen LogP contribution in [0.3, 0.4) is 0 Å². The number of aromatic nitrogens is 3. The van der Waals surface area contributed by atoms with Crippen LogP contribution >= 0.6 is 11.6 Å². The lowest BCUT2D eigenvalue weighted by Gasteiger charge is -2.27. The standard InChI is InChI=1S/C16H20ClN5O/c1-9-14(10(2)21(3)20-9)13-5-4-6-22(13)16-12(17)7-11(8-19-16)15(18)23/h7-8,13H,4-6H2,1-3H3,(H2,18,23). The molecule has 0 aromatic carbocycles. The lowest BCUT2D eigenvalue weighted by molar-refractivity contribution is 0.1000. The number of nitrogens with two attached hydrogens (primary N) is 1. The smallest absolute Gasteiger partial charge is 0.250 e. The van der Waals surface area contributed by atoms with Crippen molar-refractivity contribution in [3.8, 4) is 0 Å². The predicted molar refractivity (Wildman–Crippen MR) is 89.8 cm³/mol. The molecule has 6 nitrogen and oxygen atoms in total. The Bertz CT molecular complexity index is 770. The van der Waals surface area contributed by atoms with Gasteiger partial charge in [0.2, 0.25) is 5.91 Å². The van der Waals surface area contributed by atoms with Gasteiger partial charge in [-0.15, -0.1) is 0 Å². The molecule has 0 saturated carbocycles. The molecule has 1 unspecified atom stereocenters. The number of carbonyl (C=O) groups excluding carboxylic acids is 1. The molecule has 1 fully saturated rings. The molecule has 0 aliphatic carbocycles. The van der Waals surface area contributed by atoms with Crippen LogP contribution in [0.25, 0.3) is 0 Å². The van der Waals surface area contributed by atoms with E-state index in [1.165, 1.54) is 11.8 Å². The molecule has 1 atom stereocenters. The highest BCUT2D eigenvalue weighted by Crippen LogP contribution is 2.40. The minimum atomic E-state index is -0.525. The van der Waals surface area contributed by atoms with E-state index in [0.717, 1.165) is 30.8 Å². The SMILES string of the molecule is Cc1nn(C)c(C)c1C1CCCN1c1ncc(C(N)=O)cc1Cl. The average molecular weight is 334 g/mol. The van der Waals surface area contributed by atoms with E-state index in [-0.39, 0.29) is 6.04 Å². The van der Waals surface area contributed by atoms with Gasteiger partial charge >= 0.3 is 0 Å². The molecule has 0 spiro atoms. The number of rotatable bonds is 3. The van der Waals surface area contributed by atoms with E-state index in [2.05, 4.69) is 21.9 Å². The monoisotopic (exact) mass is 333 g/mol. The normalized spacial score (nSPS) is 17.7. The fourth-order valence-electron chi connectivity index (χ4n) is 3.37. The zero-order chi connectivity index (χ0) is 16.7. The van der Waals surface area contributed by atoms with Crippen LogP contribution in [0.15, 0.2) is 12.3 Å². The Labute approximate surface area is 140 Å². The maximum atomic E-state index is 11.3. The Hall–Kier alpha value is -2.08. The number of hydrogen-bond acceptors (Lipinski definition) is 4. The Kier molecular flexibility index (Phi) is 4.02. The van der Waals surface area contributed by atoms with Crippen molar-refractivity contribution in [3.05, 3.63) is 39.8 Å². The number of nitrogens with zero attached hydrogens (tertiary/aromatic N) is 4. The minimum Gasteiger partial charge on any atom is -0.366 e. The molecule has 2 N–H and O–H groups in total. The number of hydrogen-bond donors (Lipinski definition) is 1. The van der Waals surface area contributed by atoms with Gasteiger partial charge in [-0.1, -0.05) is 11.6 Å². The van der Waals surface area contributed by atoms with Crippen LogP contribution in [0.1, 0.15) is 46.2 Å². The van der Waals surface area contributed by atoms with Crippen LogP contribution in [0, 0.1) is 13.8 Å². The third kappa shape index (κ3) is 2.67. The number of aryl methyl sites for hydroxylation is 2. The fraction of sp³-hybridized carbons (Fsp3) is 0.438. The summed E-state index contributed by atoms with van der Waals surface area (Å²) in [7, 11) is 1.96. The van der Waals surface area contributed by atoms with Crippen molar-refractivity contribution >= 4 is 23.3 Å². The van der Waals surface area contributed by atoms with Gasteiger partial charge in [0.05, 0.1) is 22.3 Å². The number of amides is 1. The van der Waals surface area contributed by atoms with Gasteiger partial charge in [0.1, 0.15) is 5.82 Å². The Morgan fingerprint density at radius 1 is 1.43 bits per heavy atom. The van der Waals surface area contributed by atoms with Gasteiger partial charge in [-0.25, -0.2) is 4.98 Å². The molecule has 122 valence electrons. The molecule has 0 radical (unpaired) electrons. The number of pyridine rings is 1. The zero-order valence-electron chi connectivity index (χ0n) is 13.5. The summed E-state index contributed by atoms with van der Waals surface area (Å²) in [6, 6.07) is 1.79.